The van der Waals surface area contributed by atoms with Crippen LogP contribution in [0.25, 0.3) is 0 Å². The number of rotatable bonds is 2. The molecule has 0 atom stereocenters. The molecule has 2 nitrogen and oxygen atoms in total. The van der Waals surface area contributed by atoms with Gasteiger partial charge < -0.3 is 4.90 Å². The monoisotopic (exact) mass is 223 g/mol. The van der Waals surface area contributed by atoms with Crippen LogP contribution in [0.2, 0.25) is 0 Å². The van der Waals surface area contributed by atoms with Gasteiger partial charge in [0.2, 0.25) is 5.91 Å². The second-order valence-electron chi connectivity index (χ2n) is 2.46. The number of carbonyl (C=O) groups excluding carboxylic acids is 1. The van der Waals surface area contributed by atoms with E-state index in [1.807, 2.05) is 32.7 Å². The molecule has 0 radical (unpaired) electrons. The smallest absolute Gasteiger partial charge is 0.232 e. The third kappa shape index (κ3) is 3.49. The molecule has 1 aliphatic rings. The minimum absolute atomic E-state index is 0.297. The highest BCUT2D eigenvalue weighted by molar-refractivity contribution is 8.76. The van der Waals surface area contributed by atoms with Gasteiger partial charge in [0.05, 0.1) is 5.75 Å². The second kappa shape index (κ2) is 6.05. The van der Waals surface area contributed by atoms with Crippen molar-refractivity contribution in [2.75, 3.05) is 36.6 Å². The van der Waals surface area contributed by atoms with Gasteiger partial charge in [0.15, 0.2) is 0 Å². The van der Waals surface area contributed by atoms with E-state index in [0.29, 0.717) is 11.7 Å². The van der Waals surface area contributed by atoms with E-state index in [1.54, 1.807) is 11.8 Å². The van der Waals surface area contributed by atoms with Crippen molar-refractivity contribution in [2.24, 2.45) is 0 Å². The maximum absolute atomic E-state index is 11.4. The fourth-order valence-corrected chi connectivity index (χ4v) is 3.40. The summed E-state index contributed by atoms with van der Waals surface area (Å²) in [6, 6.07) is 0. The number of hydrogen-bond acceptors (Lipinski definition) is 4. The van der Waals surface area contributed by atoms with Crippen molar-refractivity contribution in [1.29, 1.82) is 0 Å². The lowest BCUT2D eigenvalue weighted by atomic mass is 10.5. The van der Waals surface area contributed by atoms with Crippen LogP contribution in [0.1, 0.15) is 0 Å². The molecule has 1 fully saturated rings. The fraction of sp³-hybridized carbons (Fsp3) is 0.857. The quantitative estimate of drug-likeness (QED) is 0.662. The first kappa shape index (κ1) is 10.6. The molecule has 0 unspecified atom stereocenters. The van der Waals surface area contributed by atoms with Gasteiger partial charge in [-0.15, -0.1) is 0 Å². The first-order valence-corrected chi connectivity index (χ1v) is 7.74. The summed E-state index contributed by atoms with van der Waals surface area (Å²) in [4.78, 5) is 13.4. The third-order valence-electron chi connectivity index (χ3n) is 1.59. The fourth-order valence-electron chi connectivity index (χ4n) is 0.989. The van der Waals surface area contributed by atoms with Gasteiger partial charge >= 0.3 is 0 Å². The Morgan fingerprint density at radius 3 is 2.50 bits per heavy atom. The van der Waals surface area contributed by atoms with E-state index in [-0.39, 0.29) is 0 Å². The number of nitrogens with zero attached hydrogens (tertiary/aromatic N) is 1. The maximum Gasteiger partial charge on any atom is 0.232 e. The molecule has 1 aliphatic heterocycles. The van der Waals surface area contributed by atoms with Crippen molar-refractivity contribution in [3.63, 3.8) is 0 Å². The lowest BCUT2D eigenvalue weighted by molar-refractivity contribution is -0.127. The zero-order valence-electron chi connectivity index (χ0n) is 7.12. The van der Waals surface area contributed by atoms with Crippen molar-refractivity contribution in [3.8, 4) is 0 Å². The molecule has 1 rings (SSSR count). The summed E-state index contributed by atoms with van der Waals surface area (Å²) in [7, 11) is 3.74. The van der Waals surface area contributed by atoms with Gasteiger partial charge in [-0.2, -0.15) is 11.8 Å². The van der Waals surface area contributed by atoms with Crippen LogP contribution >= 0.6 is 33.3 Å². The van der Waals surface area contributed by atoms with E-state index in [4.69, 9.17) is 0 Å². The predicted molar refractivity (Wildman–Crippen MR) is 59.9 cm³/mol. The van der Waals surface area contributed by atoms with Crippen molar-refractivity contribution >= 4 is 39.3 Å². The van der Waals surface area contributed by atoms with E-state index < -0.39 is 0 Å². The normalized spacial score (nSPS) is 18.9. The Morgan fingerprint density at radius 1 is 1.42 bits per heavy atom. The average molecular weight is 223 g/mol. The Labute approximate surface area is 85.6 Å². The molecular formula is C7H13NOS3. The van der Waals surface area contributed by atoms with Crippen LogP contribution in [0.3, 0.4) is 0 Å². The van der Waals surface area contributed by atoms with Crippen molar-refractivity contribution in [2.45, 2.75) is 0 Å². The molecule has 0 aromatic rings. The summed E-state index contributed by atoms with van der Waals surface area (Å²) in [6.45, 7) is 1.86. The molecule has 0 spiro atoms. The van der Waals surface area contributed by atoms with Gasteiger partial charge in [-0.05, 0) is 6.26 Å². The molecule has 0 aliphatic carbocycles. The minimum atomic E-state index is 0.297. The topological polar surface area (TPSA) is 20.3 Å². The predicted octanol–water partition coefficient (Wildman–Crippen LogP) is 1.57. The second-order valence-corrected chi connectivity index (χ2v) is 6.03. The Bertz CT molecular complexity index is 146. The molecule has 70 valence electrons. The Morgan fingerprint density at radius 2 is 2.00 bits per heavy atom. The summed E-state index contributed by atoms with van der Waals surface area (Å²) in [5.74, 6) is 3.08. The molecule has 5 heteroatoms. The highest BCUT2D eigenvalue weighted by atomic mass is 33.1. The first-order valence-electron chi connectivity index (χ1n) is 3.85. The number of hydrogen-bond donors (Lipinski definition) is 0. The Balaban J connectivity index is 2.32. The van der Waals surface area contributed by atoms with Crippen LogP contribution in [0.15, 0.2) is 0 Å². The van der Waals surface area contributed by atoms with Gasteiger partial charge in [-0.1, -0.05) is 21.6 Å². The first-order chi connectivity index (χ1) is 5.84. The molecule has 0 saturated carbocycles. The zero-order chi connectivity index (χ0) is 8.81. The van der Waals surface area contributed by atoms with Crippen LogP contribution in [-0.4, -0.2) is 47.4 Å². The Kier molecular flexibility index (Phi) is 5.34. The molecular weight excluding hydrogens is 210 g/mol. The van der Waals surface area contributed by atoms with Crippen molar-refractivity contribution in [3.05, 3.63) is 0 Å². The van der Waals surface area contributed by atoms with Gasteiger partial charge in [0.1, 0.15) is 0 Å². The van der Waals surface area contributed by atoms with Gasteiger partial charge in [0, 0.05) is 24.6 Å². The number of thioether (sulfide) groups is 1. The van der Waals surface area contributed by atoms with Crippen molar-refractivity contribution in [1.82, 2.24) is 4.90 Å². The standard InChI is InChI=1S/C7H13NOS3/c1-10-6-7(9)8-2-4-11-12-5-3-8/h2-6H2,1H3. The van der Waals surface area contributed by atoms with Crippen molar-refractivity contribution < 1.29 is 4.79 Å². The molecule has 0 N–H and O–H groups in total. The highest BCUT2D eigenvalue weighted by Gasteiger charge is 2.14. The van der Waals surface area contributed by atoms with E-state index in [2.05, 4.69) is 0 Å². The average Bonchev–Trinajstić information content (AvgIpc) is 2.32. The summed E-state index contributed by atoms with van der Waals surface area (Å²) < 4.78 is 0. The van der Waals surface area contributed by atoms with E-state index in [1.165, 1.54) is 0 Å². The molecule has 1 heterocycles. The summed E-state index contributed by atoms with van der Waals surface area (Å²) in [5.41, 5.74) is 0. The molecule has 0 aromatic heterocycles. The molecule has 1 saturated heterocycles. The van der Waals surface area contributed by atoms with Crippen LogP contribution in [-0.2, 0) is 4.79 Å². The van der Waals surface area contributed by atoms with Crippen LogP contribution in [0.4, 0.5) is 0 Å². The lowest BCUT2D eigenvalue weighted by Gasteiger charge is -2.18. The van der Waals surface area contributed by atoms with E-state index in [0.717, 1.165) is 24.6 Å². The molecule has 12 heavy (non-hydrogen) atoms. The summed E-state index contributed by atoms with van der Waals surface area (Å²) in [5, 5.41) is 0. The third-order valence-corrected chi connectivity index (χ3v) is 4.49. The maximum atomic E-state index is 11.4. The number of amides is 1. The molecule has 0 bridgehead atoms. The largest absolute Gasteiger partial charge is 0.340 e. The zero-order valence-corrected chi connectivity index (χ0v) is 9.57. The van der Waals surface area contributed by atoms with E-state index in [9.17, 15) is 4.79 Å². The highest BCUT2D eigenvalue weighted by Crippen LogP contribution is 2.23. The van der Waals surface area contributed by atoms with Crippen LogP contribution in [0.5, 0.6) is 0 Å². The van der Waals surface area contributed by atoms with Gasteiger partial charge in [-0.3, -0.25) is 4.79 Å². The SMILES string of the molecule is CSCC(=O)N1CCSSCC1. The van der Waals surface area contributed by atoms with E-state index >= 15 is 0 Å². The lowest BCUT2D eigenvalue weighted by Crippen LogP contribution is -2.35. The Hall–Kier alpha value is 0.520. The summed E-state index contributed by atoms with van der Waals surface area (Å²) >= 11 is 1.61. The van der Waals surface area contributed by atoms with Gasteiger partial charge in [0.25, 0.3) is 0 Å². The van der Waals surface area contributed by atoms with Crippen LogP contribution < -0.4 is 0 Å². The minimum Gasteiger partial charge on any atom is -0.340 e. The molecule has 1 amide bonds. The summed E-state index contributed by atoms with van der Waals surface area (Å²) in [6.07, 6.45) is 1.97. The molecule has 0 aromatic carbocycles. The van der Waals surface area contributed by atoms with Gasteiger partial charge in [-0.25, -0.2) is 0 Å². The number of carbonyl (C=O) groups is 1. The van der Waals surface area contributed by atoms with Crippen LogP contribution in [0, 0.1) is 0 Å².